The van der Waals surface area contributed by atoms with E-state index in [1.165, 1.54) is 12.3 Å². The van der Waals surface area contributed by atoms with Gasteiger partial charge in [0.15, 0.2) is 11.6 Å². The topological polar surface area (TPSA) is 68.5 Å². The monoisotopic (exact) mass is 417 g/mol. The van der Waals surface area contributed by atoms with Gasteiger partial charge in [0.1, 0.15) is 5.56 Å². The Bertz CT molecular complexity index is 1070. The number of esters is 1. The van der Waals surface area contributed by atoms with Gasteiger partial charge in [-0.3, -0.25) is 4.79 Å². The van der Waals surface area contributed by atoms with Gasteiger partial charge < -0.3 is 14.4 Å². The van der Waals surface area contributed by atoms with Gasteiger partial charge in [-0.25, -0.2) is 13.6 Å². The van der Waals surface area contributed by atoms with E-state index >= 15 is 0 Å². The van der Waals surface area contributed by atoms with Crippen molar-refractivity contribution in [2.24, 2.45) is 5.92 Å². The summed E-state index contributed by atoms with van der Waals surface area (Å²) in [6.45, 7) is 1.75. The third-order valence-corrected chi connectivity index (χ3v) is 5.95. The number of fused-ring (bicyclic) bond motifs is 1. The number of aliphatic hydroxyl groups is 1. The van der Waals surface area contributed by atoms with Crippen molar-refractivity contribution in [1.29, 1.82) is 0 Å². The van der Waals surface area contributed by atoms with Crippen LogP contribution in [0.2, 0.25) is 0 Å². The summed E-state index contributed by atoms with van der Waals surface area (Å²) in [5.41, 5.74) is -0.509. The zero-order valence-electron chi connectivity index (χ0n) is 16.9. The van der Waals surface area contributed by atoms with Crippen LogP contribution >= 0.6 is 0 Å². The molecule has 0 saturated heterocycles. The molecule has 0 radical (unpaired) electrons. The fourth-order valence-corrected chi connectivity index (χ4v) is 4.28. The second kappa shape index (κ2) is 8.30. The Morgan fingerprint density at radius 3 is 2.70 bits per heavy atom. The van der Waals surface area contributed by atoms with Crippen LogP contribution in [0.5, 0.6) is 0 Å². The van der Waals surface area contributed by atoms with E-state index in [2.05, 4.69) is 0 Å². The Hall–Kier alpha value is -2.54. The summed E-state index contributed by atoms with van der Waals surface area (Å²) in [5.74, 6) is -2.60. The maximum absolute atomic E-state index is 14.8. The molecule has 160 valence electrons. The summed E-state index contributed by atoms with van der Waals surface area (Å²) in [6, 6.07) is 0.905. The largest absolute Gasteiger partial charge is 0.462 e. The van der Waals surface area contributed by atoms with Gasteiger partial charge in [0.25, 0.3) is 0 Å². The summed E-state index contributed by atoms with van der Waals surface area (Å²) in [4.78, 5) is 25.2. The van der Waals surface area contributed by atoms with Crippen LogP contribution in [0.4, 0.5) is 8.78 Å². The molecule has 1 aromatic heterocycles. The highest BCUT2D eigenvalue weighted by atomic mass is 19.2. The van der Waals surface area contributed by atoms with Crippen LogP contribution in [0.3, 0.4) is 0 Å². The maximum Gasteiger partial charge on any atom is 0.343 e. The van der Waals surface area contributed by atoms with Crippen LogP contribution in [0.15, 0.2) is 23.1 Å². The predicted molar refractivity (Wildman–Crippen MR) is 109 cm³/mol. The van der Waals surface area contributed by atoms with E-state index in [1.54, 1.807) is 17.6 Å². The molecule has 30 heavy (non-hydrogen) atoms. The van der Waals surface area contributed by atoms with Gasteiger partial charge >= 0.3 is 5.97 Å². The Balaban J connectivity index is 1.83. The number of carbonyl (C=O) groups excluding carboxylic acids is 1. The molecule has 2 aromatic rings. The number of pyridine rings is 1. The van der Waals surface area contributed by atoms with Gasteiger partial charge in [-0.05, 0) is 57.4 Å². The number of aliphatic hydroxyl groups excluding tert-OH is 1. The number of nitrogens with zero attached hydrogens (tertiary/aromatic N) is 1. The van der Waals surface area contributed by atoms with Crippen LogP contribution in [0, 0.1) is 17.6 Å². The van der Waals surface area contributed by atoms with Crippen molar-refractivity contribution in [1.82, 2.24) is 4.57 Å². The predicted octanol–water partition coefficient (Wildman–Crippen LogP) is 4.36. The molecule has 2 fully saturated rings. The Labute approximate surface area is 173 Å². The molecule has 0 unspecified atom stereocenters. The smallest absolute Gasteiger partial charge is 0.343 e. The van der Waals surface area contributed by atoms with Crippen LogP contribution in [0.25, 0.3) is 17.0 Å². The maximum atomic E-state index is 14.8. The van der Waals surface area contributed by atoms with Crippen LogP contribution in [-0.2, 0) is 4.74 Å². The van der Waals surface area contributed by atoms with Crippen molar-refractivity contribution in [3.8, 4) is 0 Å². The summed E-state index contributed by atoms with van der Waals surface area (Å²) in [5, 5.41) is 9.65. The number of aromatic nitrogens is 1. The zero-order valence-corrected chi connectivity index (χ0v) is 16.9. The molecular weight excluding hydrogens is 392 g/mol. The fraction of sp³-hybridized carbons (Fsp3) is 0.478. The highest BCUT2D eigenvalue weighted by Gasteiger charge is 2.29. The third-order valence-electron chi connectivity index (χ3n) is 5.95. The van der Waals surface area contributed by atoms with Crippen molar-refractivity contribution in [3.63, 3.8) is 0 Å². The molecule has 1 aromatic carbocycles. The summed E-state index contributed by atoms with van der Waals surface area (Å²) < 4.78 is 35.9. The van der Waals surface area contributed by atoms with Crippen LogP contribution < -0.4 is 5.43 Å². The molecule has 0 bridgehead atoms. The van der Waals surface area contributed by atoms with E-state index in [9.17, 15) is 23.5 Å². The van der Waals surface area contributed by atoms with E-state index in [-0.39, 0.29) is 35.3 Å². The zero-order chi connectivity index (χ0) is 21.4. The van der Waals surface area contributed by atoms with Gasteiger partial charge in [-0.2, -0.15) is 0 Å². The highest BCUT2D eigenvalue weighted by Crippen LogP contribution is 2.39. The lowest BCUT2D eigenvalue weighted by Gasteiger charge is -2.16. The van der Waals surface area contributed by atoms with E-state index in [4.69, 9.17) is 4.74 Å². The Morgan fingerprint density at radius 2 is 2.07 bits per heavy atom. The van der Waals surface area contributed by atoms with E-state index < -0.39 is 23.0 Å². The lowest BCUT2D eigenvalue weighted by atomic mass is 10.0. The molecule has 2 aliphatic carbocycles. The van der Waals surface area contributed by atoms with Crippen LogP contribution in [0.1, 0.15) is 67.4 Å². The number of carbonyl (C=O) groups is 1. The SMILES string of the molecule is CCOC(=O)c1cn(C2CC2)c2c(/C=C\C[C@H]3CC[C@@H](O)C3)c(F)c(F)cc2c1=O. The average molecular weight is 417 g/mol. The normalized spacial score (nSPS) is 21.6. The average Bonchev–Trinajstić information content (AvgIpc) is 3.47. The fourth-order valence-electron chi connectivity index (χ4n) is 4.28. The third kappa shape index (κ3) is 3.90. The molecule has 0 spiro atoms. The van der Waals surface area contributed by atoms with Gasteiger partial charge in [-0.1, -0.05) is 12.2 Å². The molecule has 2 aliphatic rings. The second-order valence-electron chi connectivity index (χ2n) is 8.18. The summed E-state index contributed by atoms with van der Waals surface area (Å²) >= 11 is 0. The molecule has 0 amide bonds. The number of rotatable bonds is 6. The number of ether oxygens (including phenoxy) is 1. The summed E-state index contributed by atoms with van der Waals surface area (Å²) in [6.07, 6.45) is 9.09. The number of hydrogen-bond acceptors (Lipinski definition) is 4. The molecule has 4 rings (SSSR count). The summed E-state index contributed by atoms with van der Waals surface area (Å²) in [7, 11) is 0. The molecule has 1 heterocycles. The number of benzene rings is 1. The number of allylic oxidation sites excluding steroid dienone is 1. The molecular formula is C23H25F2NO4. The van der Waals surface area contributed by atoms with E-state index in [1.807, 2.05) is 0 Å². The molecule has 7 heteroatoms. The Kier molecular flexibility index (Phi) is 5.73. The van der Waals surface area contributed by atoms with Crippen molar-refractivity contribution < 1.29 is 23.4 Å². The number of hydrogen-bond donors (Lipinski definition) is 1. The first-order valence-electron chi connectivity index (χ1n) is 10.5. The molecule has 1 N–H and O–H groups in total. The van der Waals surface area contributed by atoms with Crippen molar-refractivity contribution in [2.45, 2.75) is 57.6 Å². The molecule has 0 aliphatic heterocycles. The van der Waals surface area contributed by atoms with E-state index in [0.717, 1.165) is 31.7 Å². The molecule has 2 atom stereocenters. The lowest BCUT2D eigenvalue weighted by Crippen LogP contribution is -2.21. The Morgan fingerprint density at radius 1 is 1.30 bits per heavy atom. The van der Waals surface area contributed by atoms with Gasteiger partial charge in [-0.15, -0.1) is 0 Å². The van der Waals surface area contributed by atoms with Gasteiger partial charge in [0, 0.05) is 17.8 Å². The lowest BCUT2D eigenvalue weighted by molar-refractivity contribution is 0.0524. The van der Waals surface area contributed by atoms with E-state index in [0.29, 0.717) is 24.3 Å². The minimum absolute atomic E-state index is 0.0166. The molecule has 2 saturated carbocycles. The minimum Gasteiger partial charge on any atom is -0.462 e. The first-order valence-corrected chi connectivity index (χ1v) is 10.5. The quantitative estimate of drug-likeness (QED) is 0.710. The van der Waals surface area contributed by atoms with Crippen molar-refractivity contribution in [2.75, 3.05) is 6.61 Å². The van der Waals surface area contributed by atoms with Gasteiger partial charge in [0.05, 0.1) is 23.6 Å². The van der Waals surface area contributed by atoms with Crippen molar-refractivity contribution in [3.05, 3.63) is 51.3 Å². The highest BCUT2D eigenvalue weighted by molar-refractivity contribution is 5.96. The number of halogens is 2. The molecule has 5 nitrogen and oxygen atoms in total. The van der Waals surface area contributed by atoms with Crippen LogP contribution in [-0.4, -0.2) is 28.4 Å². The minimum atomic E-state index is -1.13. The standard InChI is InChI=1S/C23H25F2NO4/c1-2-30-23(29)18-12-26(14-7-8-14)21-16(5-3-4-13-6-9-15(27)10-13)20(25)19(24)11-17(21)22(18)28/h3,5,11-15,27H,2,4,6-10H2,1H3/b5-3-/t13-,15+/m0/s1. The first-order chi connectivity index (χ1) is 14.4. The second-order valence-corrected chi connectivity index (χ2v) is 8.18. The first kappa shape index (κ1) is 20.7. The van der Waals surface area contributed by atoms with Gasteiger partial charge in [0.2, 0.25) is 5.43 Å². The van der Waals surface area contributed by atoms with Crippen molar-refractivity contribution >= 4 is 22.9 Å².